The van der Waals surface area contributed by atoms with Crippen LogP contribution in [-0.4, -0.2) is 33.0 Å². The second kappa shape index (κ2) is 3.81. The summed E-state index contributed by atoms with van der Waals surface area (Å²) in [5.41, 5.74) is -1.21. The van der Waals surface area contributed by atoms with Gasteiger partial charge in [-0.3, -0.25) is 4.79 Å². The number of nitrogens with zero attached hydrogens (tertiary/aromatic N) is 1. The highest BCUT2D eigenvalue weighted by atomic mass is 32.2. The van der Waals surface area contributed by atoms with Crippen molar-refractivity contribution in [3.63, 3.8) is 0 Å². The first-order valence-corrected chi connectivity index (χ1v) is 6.68. The van der Waals surface area contributed by atoms with Gasteiger partial charge in [0.05, 0.1) is 18.4 Å². The number of carbonyl (C=O) groups excluding carboxylic acids is 1. The van der Waals surface area contributed by atoms with Gasteiger partial charge in [0.25, 0.3) is 0 Å². The van der Waals surface area contributed by atoms with Crippen LogP contribution in [0.25, 0.3) is 0 Å². The fourth-order valence-corrected chi connectivity index (χ4v) is 2.72. The first-order valence-electron chi connectivity index (χ1n) is 4.62. The minimum absolute atomic E-state index is 0.126. The van der Waals surface area contributed by atoms with Gasteiger partial charge in [-0.15, -0.1) is 0 Å². The minimum Gasteiger partial charge on any atom is -0.465 e. The molecule has 0 amide bonds. The van der Waals surface area contributed by atoms with Crippen molar-refractivity contribution in [1.82, 2.24) is 0 Å². The lowest BCUT2D eigenvalue weighted by molar-refractivity contribution is -0.147. The number of rotatable bonds is 4. The molecule has 15 heavy (non-hydrogen) atoms. The van der Waals surface area contributed by atoms with Crippen molar-refractivity contribution in [2.45, 2.75) is 13.3 Å². The highest BCUT2D eigenvalue weighted by molar-refractivity contribution is 7.90. The van der Waals surface area contributed by atoms with Gasteiger partial charge in [-0.05, 0) is 13.3 Å². The van der Waals surface area contributed by atoms with Crippen molar-refractivity contribution in [1.29, 1.82) is 5.26 Å². The molecule has 0 unspecified atom stereocenters. The zero-order valence-electron chi connectivity index (χ0n) is 8.69. The van der Waals surface area contributed by atoms with Gasteiger partial charge < -0.3 is 4.74 Å². The lowest BCUT2D eigenvalue weighted by atomic mass is 10.1. The van der Waals surface area contributed by atoms with Gasteiger partial charge in [-0.2, -0.15) is 5.26 Å². The summed E-state index contributed by atoms with van der Waals surface area (Å²) in [5, 5.41) is 8.88. The fraction of sp³-hybridized carbons (Fsp3) is 0.778. The predicted octanol–water partition coefficient (Wildman–Crippen LogP) is 0.124. The summed E-state index contributed by atoms with van der Waals surface area (Å²) in [4.78, 5) is 11.4. The maximum atomic E-state index is 11.4. The van der Waals surface area contributed by atoms with Crippen LogP contribution in [0.2, 0.25) is 0 Å². The summed E-state index contributed by atoms with van der Waals surface area (Å²) in [6.45, 7) is 1.85. The number of nitriles is 1. The molecule has 1 rings (SSSR count). The average molecular weight is 231 g/mol. The maximum Gasteiger partial charge on any atom is 0.326 e. The van der Waals surface area contributed by atoms with Gasteiger partial charge in [0.2, 0.25) is 0 Å². The second-order valence-electron chi connectivity index (χ2n) is 3.80. The third-order valence-corrected chi connectivity index (χ3v) is 3.46. The minimum atomic E-state index is -3.15. The summed E-state index contributed by atoms with van der Waals surface area (Å²) in [5.74, 6) is -1.13. The summed E-state index contributed by atoms with van der Waals surface area (Å²) >= 11 is 0. The standard InChI is InChI=1S/C9H13NO4S/c1-3-14-8(11)9(6-10)4-7(9)5-15(2,12)13/h7H,3-5H2,1-2H3/t7-,9-/m1/s1. The normalized spacial score (nSPS) is 29.3. The van der Waals surface area contributed by atoms with E-state index in [1.165, 1.54) is 0 Å². The molecule has 84 valence electrons. The fourth-order valence-electron chi connectivity index (χ4n) is 1.59. The molecule has 0 aliphatic heterocycles. The van der Waals surface area contributed by atoms with E-state index in [1.807, 2.05) is 6.07 Å². The smallest absolute Gasteiger partial charge is 0.326 e. The van der Waals surface area contributed by atoms with Crippen LogP contribution in [0.1, 0.15) is 13.3 Å². The molecular formula is C9H13NO4S. The molecule has 0 saturated heterocycles. The lowest BCUT2D eigenvalue weighted by Gasteiger charge is -2.06. The van der Waals surface area contributed by atoms with Gasteiger partial charge >= 0.3 is 5.97 Å². The number of hydrogen-bond acceptors (Lipinski definition) is 5. The first kappa shape index (κ1) is 12.0. The highest BCUT2D eigenvalue weighted by Crippen LogP contribution is 2.53. The second-order valence-corrected chi connectivity index (χ2v) is 5.98. The molecule has 1 aliphatic carbocycles. The third-order valence-electron chi connectivity index (χ3n) is 2.45. The average Bonchev–Trinajstić information content (AvgIpc) is 2.77. The number of esters is 1. The monoisotopic (exact) mass is 231 g/mol. The lowest BCUT2D eigenvalue weighted by Crippen LogP contribution is -2.22. The Labute approximate surface area is 88.9 Å². The summed E-state index contributed by atoms with van der Waals surface area (Å²) < 4.78 is 26.8. The Hall–Kier alpha value is -1.09. The van der Waals surface area contributed by atoms with E-state index in [4.69, 9.17) is 10.00 Å². The van der Waals surface area contributed by atoms with Crippen LogP contribution >= 0.6 is 0 Å². The van der Waals surface area contributed by atoms with E-state index in [2.05, 4.69) is 0 Å². The zero-order chi connectivity index (χ0) is 11.7. The third kappa shape index (κ3) is 2.48. The topological polar surface area (TPSA) is 84.2 Å². The van der Waals surface area contributed by atoms with E-state index in [0.29, 0.717) is 0 Å². The molecule has 0 radical (unpaired) electrons. The molecule has 0 bridgehead atoms. The molecule has 0 aromatic rings. The molecule has 2 atom stereocenters. The van der Waals surface area contributed by atoms with Crippen LogP contribution < -0.4 is 0 Å². The SMILES string of the molecule is CCOC(=O)[C@@]1(C#N)C[C@@H]1CS(C)(=O)=O. The van der Waals surface area contributed by atoms with Gasteiger partial charge in [0.15, 0.2) is 5.41 Å². The van der Waals surface area contributed by atoms with Crippen LogP contribution in [0.15, 0.2) is 0 Å². The Morgan fingerprint density at radius 2 is 2.27 bits per heavy atom. The molecular weight excluding hydrogens is 218 g/mol. The first-order chi connectivity index (χ1) is 6.85. The van der Waals surface area contributed by atoms with Crippen molar-refractivity contribution in [3.8, 4) is 6.07 Å². The van der Waals surface area contributed by atoms with E-state index >= 15 is 0 Å². The van der Waals surface area contributed by atoms with Crippen molar-refractivity contribution in [2.24, 2.45) is 11.3 Å². The summed E-state index contributed by atoms with van der Waals surface area (Å²) in [6.07, 6.45) is 1.38. The van der Waals surface area contributed by atoms with Crippen LogP contribution in [0.5, 0.6) is 0 Å². The van der Waals surface area contributed by atoms with Crippen LogP contribution in [0, 0.1) is 22.7 Å². The predicted molar refractivity (Wildman–Crippen MR) is 52.5 cm³/mol. The van der Waals surface area contributed by atoms with E-state index < -0.39 is 27.1 Å². The molecule has 1 saturated carbocycles. The number of hydrogen-bond donors (Lipinski definition) is 0. The molecule has 0 N–H and O–H groups in total. The molecule has 6 heteroatoms. The molecule has 0 heterocycles. The molecule has 0 aromatic heterocycles. The van der Waals surface area contributed by atoms with E-state index in [-0.39, 0.29) is 18.8 Å². The van der Waals surface area contributed by atoms with Crippen molar-refractivity contribution in [2.75, 3.05) is 18.6 Å². The molecule has 5 nitrogen and oxygen atoms in total. The molecule has 0 aromatic carbocycles. The van der Waals surface area contributed by atoms with Gasteiger partial charge in [-0.25, -0.2) is 8.42 Å². The maximum absolute atomic E-state index is 11.4. The van der Waals surface area contributed by atoms with Gasteiger partial charge in [0.1, 0.15) is 9.84 Å². The molecule has 1 fully saturated rings. The quantitative estimate of drug-likeness (QED) is 0.642. The van der Waals surface area contributed by atoms with Gasteiger partial charge in [0, 0.05) is 12.2 Å². The van der Waals surface area contributed by atoms with Gasteiger partial charge in [-0.1, -0.05) is 0 Å². The van der Waals surface area contributed by atoms with Crippen molar-refractivity contribution < 1.29 is 17.9 Å². The Bertz CT molecular complexity index is 408. The number of carbonyl (C=O) groups is 1. The Morgan fingerprint density at radius 3 is 2.67 bits per heavy atom. The van der Waals surface area contributed by atoms with Crippen molar-refractivity contribution in [3.05, 3.63) is 0 Å². The van der Waals surface area contributed by atoms with Crippen LogP contribution in [-0.2, 0) is 19.4 Å². The Balaban J connectivity index is 2.71. The Morgan fingerprint density at radius 1 is 1.67 bits per heavy atom. The zero-order valence-corrected chi connectivity index (χ0v) is 9.50. The molecule has 1 aliphatic rings. The Kier molecular flexibility index (Phi) is 3.05. The number of ether oxygens (including phenoxy) is 1. The van der Waals surface area contributed by atoms with E-state index in [9.17, 15) is 13.2 Å². The van der Waals surface area contributed by atoms with Crippen LogP contribution in [0.4, 0.5) is 0 Å². The van der Waals surface area contributed by atoms with Crippen molar-refractivity contribution >= 4 is 15.8 Å². The largest absolute Gasteiger partial charge is 0.465 e. The number of sulfone groups is 1. The molecule has 0 spiro atoms. The summed E-state index contributed by atoms with van der Waals surface area (Å²) in [7, 11) is -3.15. The summed E-state index contributed by atoms with van der Waals surface area (Å²) in [6, 6.07) is 1.87. The highest BCUT2D eigenvalue weighted by Gasteiger charge is 2.63. The van der Waals surface area contributed by atoms with E-state index in [0.717, 1.165) is 6.26 Å². The van der Waals surface area contributed by atoms with Crippen LogP contribution in [0.3, 0.4) is 0 Å². The van der Waals surface area contributed by atoms with E-state index in [1.54, 1.807) is 6.92 Å².